The van der Waals surface area contributed by atoms with Crippen LogP contribution in [0.5, 0.6) is 0 Å². The van der Waals surface area contributed by atoms with Gasteiger partial charge in [-0.05, 0) is 18.2 Å². The fourth-order valence-corrected chi connectivity index (χ4v) is 1.37. The molecule has 0 fully saturated rings. The van der Waals surface area contributed by atoms with Crippen molar-refractivity contribution in [3.05, 3.63) is 29.3 Å². The van der Waals surface area contributed by atoms with Gasteiger partial charge < -0.3 is 5.32 Å². The van der Waals surface area contributed by atoms with E-state index in [2.05, 4.69) is 16.2 Å². The monoisotopic (exact) mass is 283 g/mol. The molecule has 3 N–H and O–H groups in total. The van der Waals surface area contributed by atoms with E-state index in [0.29, 0.717) is 10.7 Å². The molecule has 1 aromatic carbocycles. The smallest absolute Gasteiger partial charge is 0.257 e. The average molecular weight is 284 g/mol. The van der Waals surface area contributed by atoms with Gasteiger partial charge in [0.25, 0.3) is 5.91 Å². The first-order chi connectivity index (χ1) is 8.79. The lowest BCUT2D eigenvalue weighted by Crippen LogP contribution is -2.43. The number of amides is 2. The van der Waals surface area contributed by atoms with Gasteiger partial charge in [0, 0.05) is 10.4 Å². The summed E-state index contributed by atoms with van der Waals surface area (Å²) in [6.45, 7) is 5.27. The molecule has 0 saturated heterocycles. The van der Waals surface area contributed by atoms with Crippen molar-refractivity contribution in [2.45, 2.75) is 20.8 Å². The SMILES string of the molecule is CC(C)(C)C(=O)NCC(=O)NNc1cccc(Cl)c1. The summed E-state index contributed by atoms with van der Waals surface area (Å²) in [5.41, 5.74) is 5.34. The molecular weight excluding hydrogens is 266 g/mol. The Hall–Kier alpha value is -1.75. The highest BCUT2D eigenvalue weighted by atomic mass is 35.5. The predicted molar refractivity (Wildman–Crippen MR) is 75.7 cm³/mol. The van der Waals surface area contributed by atoms with Gasteiger partial charge in [-0.15, -0.1) is 0 Å². The van der Waals surface area contributed by atoms with Crippen LogP contribution in [0.25, 0.3) is 0 Å². The van der Waals surface area contributed by atoms with Crippen LogP contribution in [0, 0.1) is 5.41 Å². The Morgan fingerprint density at radius 3 is 2.53 bits per heavy atom. The summed E-state index contributed by atoms with van der Waals surface area (Å²) < 4.78 is 0. The molecule has 0 aromatic heterocycles. The standard InChI is InChI=1S/C13H18ClN3O2/c1-13(2,3)12(19)15-8-11(18)17-16-10-6-4-5-9(14)7-10/h4-7,16H,8H2,1-3H3,(H,15,19)(H,17,18). The first kappa shape index (κ1) is 15.3. The van der Waals surface area contributed by atoms with Crippen molar-refractivity contribution in [2.75, 3.05) is 12.0 Å². The van der Waals surface area contributed by atoms with Gasteiger partial charge in [0.1, 0.15) is 0 Å². The van der Waals surface area contributed by atoms with Gasteiger partial charge in [-0.3, -0.25) is 20.4 Å². The minimum Gasteiger partial charge on any atom is -0.347 e. The maximum absolute atomic E-state index is 11.6. The largest absolute Gasteiger partial charge is 0.347 e. The van der Waals surface area contributed by atoms with Gasteiger partial charge in [-0.25, -0.2) is 0 Å². The molecule has 0 aliphatic carbocycles. The Balaban J connectivity index is 2.35. The van der Waals surface area contributed by atoms with Gasteiger partial charge in [0.15, 0.2) is 0 Å². The summed E-state index contributed by atoms with van der Waals surface area (Å²) in [4.78, 5) is 23.1. The number of hydrogen-bond acceptors (Lipinski definition) is 3. The number of hydrogen-bond donors (Lipinski definition) is 3. The van der Waals surface area contributed by atoms with Crippen LogP contribution >= 0.6 is 11.6 Å². The van der Waals surface area contributed by atoms with Gasteiger partial charge in [-0.2, -0.15) is 0 Å². The number of anilines is 1. The molecule has 0 bridgehead atoms. The van der Waals surface area contributed by atoms with Gasteiger partial charge >= 0.3 is 0 Å². The van der Waals surface area contributed by atoms with Crippen LogP contribution in [0.3, 0.4) is 0 Å². The van der Waals surface area contributed by atoms with Crippen molar-refractivity contribution in [1.29, 1.82) is 0 Å². The molecule has 0 atom stereocenters. The van der Waals surface area contributed by atoms with E-state index in [9.17, 15) is 9.59 Å². The first-order valence-corrected chi connectivity index (χ1v) is 6.25. The molecule has 0 spiro atoms. The summed E-state index contributed by atoms with van der Waals surface area (Å²) in [7, 11) is 0. The minimum absolute atomic E-state index is 0.0797. The van der Waals surface area contributed by atoms with Crippen LogP contribution in [0.15, 0.2) is 24.3 Å². The highest BCUT2D eigenvalue weighted by molar-refractivity contribution is 6.30. The predicted octanol–water partition coefficient (Wildman–Crippen LogP) is 1.95. The van der Waals surface area contributed by atoms with Crippen molar-refractivity contribution in [2.24, 2.45) is 5.41 Å². The number of rotatable bonds is 4. The minimum atomic E-state index is -0.513. The molecule has 0 radical (unpaired) electrons. The van der Waals surface area contributed by atoms with E-state index in [4.69, 9.17) is 11.6 Å². The third-order valence-electron chi connectivity index (χ3n) is 2.26. The van der Waals surface area contributed by atoms with Crippen molar-refractivity contribution >= 4 is 29.1 Å². The number of nitrogens with one attached hydrogen (secondary N) is 3. The lowest BCUT2D eigenvalue weighted by atomic mass is 9.96. The molecule has 1 aromatic rings. The molecule has 0 aliphatic heterocycles. The lowest BCUT2D eigenvalue weighted by Gasteiger charge is -2.17. The lowest BCUT2D eigenvalue weighted by molar-refractivity contribution is -0.131. The van der Waals surface area contributed by atoms with E-state index in [0.717, 1.165) is 0 Å². The highest BCUT2D eigenvalue weighted by Crippen LogP contribution is 2.14. The van der Waals surface area contributed by atoms with E-state index in [-0.39, 0.29) is 18.4 Å². The molecule has 19 heavy (non-hydrogen) atoms. The van der Waals surface area contributed by atoms with Crippen molar-refractivity contribution < 1.29 is 9.59 Å². The summed E-state index contributed by atoms with van der Waals surface area (Å²) in [6, 6.07) is 6.94. The second kappa shape index (κ2) is 6.43. The first-order valence-electron chi connectivity index (χ1n) is 5.88. The van der Waals surface area contributed by atoms with Crippen molar-refractivity contribution in [3.8, 4) is 0 Å². The van der Waals surface area contributed by atoms with Crippen LogP contribution < -0.4 is 16.2 Å². The van der Waals surface area contributed by atoms with Crippen molar-refractivity contribution in [3.63, 3.8) is 0 Å². The normalized spacial score (nSPS) is 10.7. The quantitative estimate of drug-likeness (QED) is 0.740. The third-order valence-corrected chi connectivity index (χ3v) is 2.50. The second-order valence-electron chi connectivity index (χ2n) is 5.12. The Bertz CT molecular complexity index is 469. The second-order valence-corrected chi connectivity index (χ2v) is 5.55. The van der Waals surface area contributed by atoms with Gasteiger partial charge in [0.05, 0.1) is 12.2 Å². The fraction of sp³-hybridized carbons (Fsp3) is 0.385. The Kier molecular flexibility index (Phi) is 5.18. The molecule has 6 heteroatoms. The maximum atomic E-state index is 11.6. The maximum Gasteiger partial charge on any atom is 0.257 e. The zero-order valence-corrected chi connectivity index (χ0v) is 12.0. The van der Waals surface area contributed by atoms with Gasteiger partial charge in [0.2, 0.25) is 5.91 Å². The molecule has 104 valence electrons. The zero-order valence-electron chi connectivity index (χ0n) is 11.2. The van der Waals surface area contributed by atoms with E-state index < -0.39 is 5.41 Å². The molecule has 2 amide bonds. The van der Waals surface area contributed by atoms with Gasteiger partial charge in [-0.1, -0.05) is 38.4 Å². The van der Waals surface area contributed by atoms with Crippen molar-refractivity contribution in [1.82, 2.24) is 10.7 Å². The van der Waals surface area contributed by atoms with E-state index in [1.807, 2.05) is 0 Å². The molecule has 0 aliphatic rings. The van der Waals surface area contributed by atoms with Crippen LogP contribution in [0.1, 0.15) is 20.8 Å². The third kappa shape index (κ3) is 5.61. The Morgan fingerprint density at radius 1 is 1.26 bits per heavy atom. The zero-order chi connectivity index (χ0) is 14.5. The molecule has 0 saturated carbocycles. The van der Waals surface area contributed by atoms with Crippen LogP contribution in [0.4, 0.5) is 5.69 Å². The summed E-state index contributed by atoms with van der Waals surface area (Å²) >= 11 is 5.80. The fourth-order valence-electron chi connectivity index (χ4n) is 1.18. The average Bonchev–Trinajstić information content (AvgIpc) is 2.32. The molecule has 0 unspecified atom stereocenters. The highest BCUT2D eigenvalue weighted by Gasteiger charge is 2.21. The number of halogens is 1. The molecule has 0 heterocycles. The Morgan fingerprint density at radius 2 is 1.95 bits per heavy atom. The molecule has 5 nitrogen and oxygen atoms in total. The summed E-state index contributed by atoms with van der Waals surface area (Å²) in [6.07, 6.45) is 0. The number of carbonyl (C=O) groups is 2. The molecular formula is C13H18ClN3O2. The van der Waals surface area contributed by atoms with E-state index in [1.54, 1.807) is 45.0 Å². The number of carbonyl (C=O) groups excluding carboxylic acids is 2. The van der Waals surface area contributed by atoms with Crippen LogP contribution in [-0.4, -0.2) is 18.4 Å². The summed E-state index contributed by atoms with van der Waals surface area (Å²) in [5, 5.41) is 3.12. The van der Waals surface area contributed by atoms with Crippen LogP contribution in [0.2, 0.25) is 5.02 Å². The number of benzene rings is 1. The van der Waals surface area contributed by atoms with Crippen LogP contribution in [-0.2, 0) is 9.59 Å². The van der Waals surface area contributed by atoms with E-state index >= 15 is 0 Å². The number of hydrazine groups is 1. The summed E-state index contributed by atoms with van der Waals surface area (Å²) in [5.74, 6) is -0.511. The molecule has 1 rings (SSSR count). The topological polar surface area (TPSA) is 70.2 Å². The van der Waals surface area contributed by atoms with E-state index in [1.165, 1.54) is 0 Å². The Labute approximate surface area is 117 Å².